The number of benzene rings is 2. The van der Waals surface area contributed by atoms with E-state index in [0.717, 1.165) is 41.2 Å². The number of rotatable bonds is 7. The molecule has 0 saturated carbocycles. The highest BCUT2D eigenvalue weighted by atomic mass is 32.1. The number of aliphatic hydroxyl groups is 1. The summed E-state index contributed by atoms with van der Waals surface area (Å²) >= 11 is 1.34. The van der Waals surface area contributed by atoms with Gasteiger partial charge in [0.1, 0.15) is 0 Å². The molecule has 1 saturated heterocycles. The number of hydrogen-bond donors (Lipinski definition) is 3. The summed E-state index contributed by atoms with van der Waals surface area (Å²) in [5.41, 5.74) is 4.57. The first-order valence-corrected chi connectivity index (χ1v) is 14.0. The SMILES string of the molecule is C[C@@H]1CN(c2cccc(-c3csc(NC(=O)CNC(=O)c4ccc5c(c4)[C@@](C)(CO)COC5)n3)c2)C[C@H](C)O1. The van der Waals surface area contributed by atoms with Crippen LogP contribution in [0.3, 0.4) is 0 Å². The average molecular weight is 551 g/mol. The molecule has 0 unspecified atom stereocenters. The third-order valence-electron chi connectivity index (χ3n) is 7.14. The van der Waals surface area contributed by atoms with E-state index >= 15 is 0 Å². The van der Waals surface area contributed by atoms with E-state index in [1.165, 1.54) is 11.3 Å². The summed E-state index contributed by atoms with van der Waals surface area (Å²) < 4.78 is 11.4. The Morgan fingerprint density at radius 2 is 1.97 bits per heavy atom. The summed E-state index contributed by atoms with van der Waals surface area (Å²) in [7, 11) is 0. The average Bonchev–Trinajstić information content (AvgIpc) is 3.40. The predicted molar refractivity (Wildman–Crippen MR) is 151 cm³/mol. The highest BCUT2D eigenvalue weighted by Crippen LogP contribution is 2.33. The molecule has 0 bridgehead atoms. The second-order valence-corrected chi connectivity index (χ2v) is 11.4. The number of thiazole rings is 1. The van der Waals surface area contributed by atoms with Gasteiger partial charge in [-0.15, -0.1) is 11.3 Å². The van der Waals surface area contributed by atoms with E-state index in [-0.39, 0.29) is 37.2 Å². The van der Waals surface area contributed by atoms with Crippen molar-refractivity contribution in [1.82, 2.24) is 10.3 Å². The molecule has 2 aliphatic rings. The zero-order valence-corrected chi connectivity index (χ0v) is 23.2. The molecule has 0 aliphatic carbocycles. The summed E-state index contributed by atoms with van der Waals surface area (Å²) in [4.78, 5) is 32.3. The predicted octanol–water partition coefficient (Wildman–Crippen LogP) is 3.57. The molecule has 1 fully saturated rings. The van der Waals surface area contributed by atoms with Gasteiger partial charge >= 0.3 is 0 Å². The highest BCUT2D eigenvalue weighted by molar-refractivity contribution is 7.14. The van der Waals surface area contributed by atoms with E-state index in [2.05, 4.69) is 46.5 Å². The van der Waals surface area contributed by atoms with E-state index in [9.17, 15) is 14.7 Å². The van der Waals surface area contributed by atoms with Crippen LogP contribution in [-0.2, 0) is 26.3 Å². The largest absolute Gasteiger partial charge is 0.395 e. The van der Waals surface area contributed by atoms with Gasteiger partial charge in [-0.2, -0.15) is 0 Å². The van der Waals surface area contributed by atoms with Crippen molar-refractivity contribution < 1.29 is 24.2 Å². The number of fused-ring (bicyclic) bond motifs is 1. The van der Waals surface area contributed by atoms with Crippen molar-refractivity contribution >= 4 is 34.0 Å². The molecule has 39 heavy (non-hydrogen) atoms. The van der Waals surface area contributed by atoms with Crippen molar-refractivity contribution in [3.05, 3.63) is 64.5 Å². The third kappa shape index (κ3) is 6.14. The molecule has 2 aromatic carbocycles. The van der Waals surface area contributed by atoms with Crippen LogP contribution in [0.1, 0.15) is 42.3 Å². The molecule has 10 heteroatoms. The molecular weight excluding hydrogens is 516 g/mol. The van der Waals surface area contributed by atoms with Gasteiger partial charge in [-0.25, -0.2) is 4.98 Å². The number of aliphatic hydroxyl groups excluding tert-OH is 1. The van der Waals surface area contributed by atoms with Crippen molar-refractivity contribution in [2.24, 2.45) is 0 Å². The minimum Gasteiger partial charge on any atom is -0.395 e. The van der Waals surface area contributed by atoms with Crippen LogP contribution in [0.4, 0.5) is 10.8 Å². The number of nitrogens with one attached hydrogen (secondary N) is 2. The summed E-state index contributed by atoms with van der Waals surface area (Å²) in [6.07, 6.45) is 0.336. The summed E-state index contributed by atoms with van der Waals surface area (Å²) in [5, 5.41) is 17.7. The molecule has 3 heterocycles. The Kier molecular flexibility index (Phi) is 7.99. The zero-order chi connectivity index (χ0) is 27.6. The summed E-state index contributed by atoms with van der Waals surface area (Å²) in [6.45, 7) is 8.29. The fourth-order valence-electron chi connectivity index (χ4n) is 5.14. The van der Waals surface area contributed by atoms with Gasteiger partial charge in [-0.1, -0.05) is 25.1 Å². The Hall–Kier alpha value is -3.31. The maximum Gasteiger partial charge on any atom is 0.251 e. The molecule has 3 aromatic rings. The molecule has 3 atom stereocenters. The lowest BCUT2D eigenvalue weighted by atomic mass is 9.79. The number of amides is 2. The van der Waals surface area contributed by atoms with Crippen LogP contribution in [0.5, 0.6) is 0 Å². The summed E-state index contributed by atoms with van der Waals surface area (Å²) in [6, 6.07) is 13.5. The van der Waals surface area contributed by atoms with Gasteiger partial charge in [0.15, 0.2) is 5.13 Å². The first kappa shape index (κ1) is 27.3. The van der Waals surface area contributed by atoms with Crippen LogP contribution in [-0.4, -0.2) is 67.0 Å². The topological polar surface area (TPSA) is 113 Å². The number of ether oxygens (including phenoxy) is 2. The maximum atomic E-state index is 12.8. The first-order valence-electron chi connectivity index (χ1n) is 13.1. The fourth-order valence-corrected chi connectivity index (χ4v) is 5.88. The highest BCUT2D eigenvalue weighted by Gasteiger charge is 2.33. The number of morpholine rings is 1. The van der Waals surface area contributed by atoms with Gasteiger partial charge in [0, 0.05) is 40.7 Å². The molecule has 9 nitrogen and oxygen atoms in total. The molecule has 206 valence electrons. The van der Waals surface area contributed by atoms with Gasteiger partial charge in [-0.05, 0) is 49.2 Å². The monoisotopic (exact) mass is 550 g/mol. The zero-order valence-electron chi connectivity index (χ0n) is 22.4. The Morgan fingerprint density at radius 3 is 2.74 bits per heavy atom. The molecule has 3 N–H and O–H groups in total. The Bertz CT molecular complexity index is 1350. The third-order valence-corrected chi connectivity index (χ3v) is 7.89. The molecule has 0 radical (unpaired) electrons. The molecule has 2 aliphatic heterocycles. The molecule has 5 rings (SSSR count). The second kappa shape index (κ2) is 11.4. The van der Waals surface area contributed by atoms with Gasteiger partial charge in [0.05, 0.1) is 44.3 Å². The van der Waals surface area contributed by atoms with Crippen LogP contribution >= 0.6 is 11.3 Å². The lowest BCUT2D eigenvalue weighted by Crippen LogP contribution is -2.45. The number of carbonyl (C=O) groups is 2. The van der Waals surface area contributed by atoms with Crippen LogP contribution in [0.15, 0.2) is 47.8 Å². The second-order valence-electron chi connectivity index (χ2n) is 10.6. The van der Waals surface area contributed by atoms with Crippen LogP contribution in [0, 0.1) is 0 Å². The molecular formula is C29H34N4O5S. The number of anilines is 2. The van der Waals surface area contributed by atoms with Gasteiger partial charge < -0.3 is 30.1 Å². The fraction of sp³-hybridized carbons (Fsp3) is 0.414. The van der Waals surface area contributed by atoms with Crippen LogP contribution in [0.25, 0.3) is 11.3 Å². The number of aromatic nitrogens is 1. The van der Waals surface area contributed by atoms with Gasteiger partial charge in [0.2, 0.25) is 5.91 Å². The van der Waals surface area contributed by atoms with Crippen molar-refractivity contribution in [1.29, 1.82) is 0 Å². The van der Waals surface area contributed by atoms with E-state index in [4.69, 9.17) is 9.47 Å². The minimum absolute atomic E-state index is 0.0841. The lowest BCUT2D eigenvalue weighted by Gasteiger charge is -2.37. The molecule has 0 spiro atoms. The summed E-state index contributed by atoms with van der Waals surface area (Å²) in [5.74, 6) is -0.719. The van der Waals surface area contributed by atoms with Crippen molar-refractivity contribution in [3.63, 3.8) is 0 Å². The van der Waals surface area contributed by atoms with Crippen LogP contribution < -0.4 is 15.5 Å². The molecule has 1 aromatic heterocycles. The Balaban J connectivity index is 1.19. The standard InChI is InChI=1S/C29H34N4O5S/c1-18-12-33(13-19(2)38-18)23-6-4-5-20(9-23)25-15-39-28(31-25)32-26(35)11-30-27(36)21-7-8-22-14-37-17-29(3,16-34)24(22)10-21/h4-10,15,18-19,34H,11-14,16-17H2,1-3H3,(H,30,36)(H,31,32,35)/t18-,19+,29-/m0/s1. The van der Waals surface area contributed by atoms with E-state index in [1.807, 2.05) is 30.5 Å². The van der Waals surface area contributed by atoms with E-state index in [1.54, 1.807) is 12.1 Å². The van der Waals surface area contributed by atoms with Crippen molar-refractivity contribution in [3.8, 4) is 11.3 Å². The van der Waals surface area contributed by atoms with E-state index < -0.39 is 5.41 Å². The maximum absolute atomic E-state index is 12.8. The Morgan fingerprint density at radius 1 is 1.18 bits per heavy atom. The van der Waals surface area contributed by atoms with Crippen molar-refractivity contribution in [2.75, 3.05) is 43.1 Å². The van der Waals surface area contributed by atoms with Gasteiger partial charge in [0.25, 0.3) is 5.91 Å². The normalized spacial score (nSPS) is 22.7. The smallest absolute Gasteiger partial charge is 0.251 e. The first-order chi connectivity index (χ1) is 18.7. The van der Waals surface area contributed by atoms with E-state index in [0.29, 0.717) is 23.9 Å². The Labute approximate surface area is 232 Å². The lowest BCUT2D eigenvalue weighted by molar-refractivity contribution is -0.115. The quantitative estimate of drug-likeness (QED) is 0.412. The number of hydrogen-bond acceptors (Lipinski definition) is 8. The molecule has 2 amide bonds. The number of carbonyl (C=O) groups excluding carboxylic acids is 2. The van der Waals surface area contributed by atoms with Gasteiger partial charge in [-0.3, -0.25) is 9.59 Å². The minimum atomic E-state index is -0.567. The van der Waals surface area contributed by atoms with Crippen molar-refractivity contribution in [2.45, 2.75) is 45.0 Å². The van der Waals surface area contributed by atoms with Crippen LogP contribution in [0.2, 0.25) is 0 Å². The number of nitrogens with zero attached hydrogens (tertiary/aromatic N) is 2.